The van der Waals surface area contributed by atoms with Gasteiger partial charge in [-0.2, -0.15) is 0 Å². The van der Waals surface area contributed by atoms with Crippen LogP contribution in [-0.2, 0) is 6.54 Å². The average Bonchev–Trinajstić information content (AvgIpc) is 2.74. The number of fused-ring (bicyclic) bond motifs is 1. The lowest BCUT2D eigenvalue weighted by atomic mass is 10.0. The number of benzene rings is 2. The fraction of sp³-hybridized carbons (Fsp3) is 0.278. The number of nitrogens with zero attached hydrogens (tertiary/aromatic N) is 1. The first-order valence-corrected chi connectivity index (χ1v) is 7.15. The third-order valence-corrected chi connectivity index (χ3v) is 4.21. The molecule has 0 aliphatic carbocycles. The van der Waals surface area contributed by atoms with Gasteiger partial charge in [-0.05, 0) is 42.7 Å². The van der Waals surface area contributed by atoms with Gasteiger partial charge in [-0.25, -0.2) is 0 Å². The molecule has 2 aromatic carbocycles. The van der Waals surface area contributed by atoms with E-state index in [9.17, 15) is 4.79 Å². The van der Waals surface area contributed by atoms with Crippen LogP contribution in [0.5, 0.6) is 5.75 Å². The van der Waals surface area contributed by atoms with Crippen LogP contribution in [0, 0.1) is 6.92 Å². The molecule has 1 aliphatic rings. The number of carbonyl (C=O) groups is 1. The summed E-state index contributed by atoms with van der Waals surface area (Å²) in [5.41, 5.74) is 4.18. The van der Waals surface area contributed by atoms with Crippen molar-refractivity contribution in [1.82, 2.24) is 4.90 Å². The molecule has 0 radical (unpaired) electrons. The molecular weight excluding hydrogens is 262 g/mol. The Balaban J connectivity index is 1.87. The third kappa shape index (κ3) is 2.29. The van der Waals surface area contributed by atoms with Gasteiger partial charge in [0.25, 0.3) is 5.91 Å². The van der Waals surface area contributed by atoms with E-state index < -0.39 is 0 Å². The Kier molecular flexibility index (Phi) is 3.42. The molecule has 0 saturated carbocycles. The molecule has 3 rings (SSSR count). The van der Waals surface area contributed by atoms with Crippen molar-refractivity contribution >= 4 is 5.91 Å². The SMILES string of the molecule is COc1ccc(CN2C(=O)c3c(C)cccc3C2C)cc1. The second-order valence-corrected chi connectivity index (χ2v) is 5.50. The molecule has 21 heavy (non-hydrogen) atoms. The van der Waals surface area contributed by atoms with Crippen molar-refractivity contribution < 1.29 is 9.53 Å². The summed E-state index contributed by atoms with van der Waals surface area (Å²) >= 11 is 0. The maximum absolute atomic E-state index is 12.7. The first-order chi connectivity index (χ1) is 10.1. The molecule has 0 bridgehead atoms. The summed E-state index contributed by atoms with van der Waals surface area (Å²) in [5, 5.41) is 0. The van der Waals surface area contributed by atoms with Crippen molar-refractivity contribution in [3.63, 3.8) is 0 Å². The van der Waals surface area contributed by atoms with E-state index >= 15 is 0 Å². The van der Waals surface area contributed by atoms with Crippen molar-refractivity contribution in [2.45, 2.75) is 26.4 Å². The van der Waals surface area contributed by atoms with Gasteiger partial charge in [-0.3, -0.25) is 4.79 Å². The molecule has 1 amide bonds. The predicted molar refractivity (Wildman–Crippen MR) is 82.5 cm³/mol. The van der Waals surface area contributed by atoms with Gasteiger partial charge in [0.15, 0.2) is 0 Å². The van der Waals surface area contributed by atoms with Crippen molar-refractivity contribution in [3.05, 3.63) is 64.7 Å². The third-order valence-electron chi connectivity index (χ3n) is 4.21. The zero-order chi connectivity index (χ0) is 15.0. The van der Waals surface area contributed by atoms with Gasteiger partial charge in [-0.1, -0.05) is 30.3 Å². The number of hydrogen-bond acceptors (Lipinski definition) is 2. The highest BCUT2D eigenvalue weighted by molar-refractivity contribution is 6.00. The van der Waals surface area contributed by atoms with E-state index in [0.29, 0.717) is 6.54 Å². The van der Waals surface area contributed by atoms with Gasteiger partial charge < -0.3 is 9.64 Å². The number of amides is 1. The van der Waals surface area contributed by atoms with Gasteiger partial charge >= 0.3 is 0 Å². The maximum atomic E-state index is 12.7. The summed E-state index contributed by atoms with van der Waals surface area (Å²) in [5.74, 6) is 0.963. The predicted octanol–water partition coefficient (Wildman–Crippen LogP) is 3.72. The number of carbonyl (C=O) groups excluding carboxylic acids is 1. The Morgan fingerprint density at radius 1 is 1.14 bits per heavy atom. The van der Waals surface area contributed by atoms with E-state index in [1.807, 2.05) is 48.2 Å². The standard InChI is InChI=1S/C18H19NO2/c1-12-5-4-6-16-13(2)19(18(20)17(12)16)11-14-7-9-15(21-3)10-8-14/h4-10,13H,11H2,1-3H3. The van der Waals surface area contributed by atoms with E-state index in [4.69, 9.17) is 4.74 Å². The lowest BCUT2D eigenvalue weighted by Crippen LogP contribution is -2.26. The molecule has 0 aromatic heterocycles. The van der Waals surface area contributed by atoms with Crippen molar-refractivity contribution in [3.8, 4) is 5.75 Å². The summed E-state index contributed by atoms with van der Waals surface area (Å²) in [6.45, 7) is 4.71. The zero-order valence-corrected chi connectivity index (χ0v) is 12.6. The topological polar surface area (TPSA) is 29.5 Å². The molecule has 3 nitrogen and oxygen atoms in total. The van der Waals surface area contributed by atoms with Gasteiger partial charge in [0.2, 0.25) is 0 Å². The van der Waals surface area contributed by atoms with Crippen LogP contribution in [0.2, 0.25) is 0 Å². The summed E-state index contributed by atoms with van der Waals surface area (Å²) in [6, 6.07) is 14.1. The van der Waals surface area contributed by atoms with Crippen molar-refractivity contribution in [2.24, 2.45) is 0 Å². The fourth-order valence-corrected chi connectivity index (χ4v) is 2.95. The minimum Gasteiger partial charge on any atom is -0.497 e. The van der Waals surface area contributed by atoms with Crippen molar-refractivity contribution in [2.75, 3.05) is 7.11 Å². The van der Waals surface area contributed by atoms with Crippen LogP contribution in [0.1, 0.15) is 40.0 Å². The molecule has 3 heteroatoms. The maximum Gasteiger partial charge on any atom is 0.255 e. The first kappa shape index (κ1) is 13.7. The Morgan fingerprint density at radius 2 is 1.86 bits per heavy atom. The molecule has 0 spiro atoms. The van der Waals surface area contributed by atoms with E-state index in [2.05, 4.69) is 13.0 Å². The second kappa shape index (κ2) is 5.24. The van der Waals surface area contributed by atoms with Crippen LogP contribution in [0.3, 0.4) is 0 Å². The molecule has 1 heterocycles. The Bertz CT molecular complexity index is 676. The zero-order valence-electron chi connectivity index (χ0n) is 12.6. The number of hydrogen-bond donors (Lipinski definition) is 0. The monoisotopic (exact) mass is 281 g/mol. The summed E-state index contributed by atoms with van der Waals surface area (Å²) in [7, 11) is 1.65. The molecule has 108 valence electrons. The van der Waals surface area contributed by atoms with Crippen LogP contribution >= 0.6 is 0 Å². The summed E-state index contributed by atoms with van der Waals surface area (Å²) in [6.07, 6.45) is 0. The van der Waals surface area contributed by atoms with Crippen LogP contribution in [0.15, 0.2) is 42.5 Å². The summed E-state index contributed by atoms with van der Waals surface area (Å²) in [4.78, 5) is 14.6. The van der Waals surface area contributed by atoms with E-state index in [0.717, 1.165) is 28.0 Å². The molecule has 0 N–H and O–H groups in total. The van der Waals surface area contributed by atoms with E-state index in [-0.39, 0.29) is 11.9 Å². The highest BCUT2D eigenvalue weighted by atomic mass is 16.5. The molecule has 1 atom stereocenters. The van der Waals surface area contributed by atoms with E-state index in [1.165, 1.54) is 0 Å². The quantitative estimate of drug-likeness (QED) is 0.858. The summed E-state index contributed by atoms with van der Waals surface area (Å²) < 4.78 is 5.17. The Labute approximate surface area is 125 Å². The molecule has 1 unspecified atom stereocenters. The van der Waals surface area contributed by atoms with Crippen LogP contribution in [-0.4, -0.2) is 17.9 Å². The average molecular weight is 281 g/mol. The number of rotatable bonds is 3. The minimum atomic E-state index is 0.120. The highest BCUT2D eigenvalue weighted by Gasteiger charge is 2.34. The van der Waals surface area contributed by atoms with Crippen LogP contribution in [0.25, 0.3) is 0 Å². The molecular formula is C18H19NO2. The number of aryl methyl sites for hydroxylation is 1. The molecule has 1 aliphatic heterocycles. The largest absolute Gasteiger partial charge is 0.497 e. The Hall–Kier alpha value is -2.29. The smallest absolute Gasteiger partial charge is 0.255 e. The van der Waals surface area contributed by atoms with Crippen LogP contribution < -0.4 is 4.74 Å². The lowest BCUT2D eigenvalue weighted by Gasteiger charge is -2.22. The van der Waals surface area contributed by atoms with Crippen LogP contribution in [0.4, 0.5) is 0 Å². The Morgan fingerprint density at radius 3 is 2.48 bits per heavy atom. The van der Waals surface area contributed by atoms with Gasteiger partial charge in [-0.15, -0.1) is 0 Å². The van der Waals surface area contributed by atoms with Gasteiger partial charge in [0, 0.05) is 12.1 Å². The van der Waals surface area contributed by atoms with Gasteiger partial charge in [0.1, 0.15) is 5.75 Å². The lowest BCUT2D eigenvalue weighted by molar-refractivity contribution is 0.0722. The molecule has 0 fully saturated rings. The second-order valence-electron chi connectivity index (χ2n) is 5.50. The van der Waals surface area contributed by atoms with E-state index in [1.54, 1.807) is 7.11 Å². The first-order valence-electron chi connectivity index (χ1n) is 7.15. The van der Waals surface area contributed by atoms with Gasteiger partial charge in [0.05, 0.1) is 13.2 Å². The number of ether oxygens (including phenoxy) is 1. The molecule has 0 saturated heterocycles. The van der Waals surface area contributed by atoms with Crippen molar-refractivity contribution in [1.29, 1.82) is 0 Å². The number of methoxy groups -OCH3 is 1. The normalized spacial score (nSPS) is 17.0. The molecule has 2 aromatic rings. The fourth-order valence-electron chi connectivity index (χ4n) is 2.95. The highest BCUT2D eigenvalue weighted by Crippen LogP contribution is 2.36. The minimum absolute atomic E-state index is 0.120.